The van der Waals surface area contributed by atoms with E-state index in [1.54, 1.807) is 0 Å². The second-order valence-corrected chi connectivity index (χ2v) is 10.1. The standard InChI is InChI=1S/C38H24O/c1-2-10-25(11-3-1)30-18-6-12-26-13-7-19-32(37(26)30)31-17-5-4-16-29(31)28-22-23-35-34(24-28)33-20-8-14-27-15-9-21-36(39-35)38(27)33/h1-24H. The maximum Gasteiger partial charge on any atom is 0.135 e. The van der Waals surface area contributed by atoms with Gasteiger partial charge >= 0.3 is 0 Å². The molecular formula is C38H24O. The molecule has 0 aliphatic carbocycles. The Morgan fingerprint density at radius 3 is 1.67 bits per heavy atom. The Bertz CT molecular complexity index is 2020. The average molecular weight is 497 g/mol. The van der Waals surface area contributed by atoms with Crippen LogP contribution in [0.5, 0.6) is 11.5 Å². The van der Waals surface area contributed by atoms with Crippen LogP contribution in [0.4, 0.5) is 0 Å². The van der Waals surface area contributed by atoms with Gasteiger partial charge in [0.15, 0.2) is 0 Å². The number of hydrogen-bond donors (Lipinski definition) is 0. The van der Waals surface area contributed by atoms with Crippen molar-refractivity contribution in [3.05, 3.63) is 146 Å². The van der Waals surface area contributed by atoms with Crippen molar-refractivity contribution in [1.29, 1.82) is 0 Å². The lowest BCUT2D eigenvalue weighted by atomic mass is 9.87. The number of rotatable bonds is 3. The normalized spacial score (nSPS) is 11.8. The molecule has 0 amide bonds. The van der Waals surface area contributed by atoms with Crippen LogP contribution in [-0.2, 0) is 0 Å². The van der Waals surface area contributed by atoms with E-state index >= 15 is 0 Å². The van der Waals surface area contributed by atoms with E-state index in [1.165, 1.54) is 60.5 Å². The van der Waals surface area contributed by atoms with Crippen LogP contribution in [0.15, 0.2) is 146 Å². The summed E-state index contributed by atoms with van der Waals surface area (Å²) in [5.41, 5.74) is 9.69. The molecule has 0 unspecified atom stereocenters. The first-order valence-electron chi connectivity index (χ1n) is 13.4. The molecule has 0 atom stereocenters. The van der Waals surface area contributed by atoms with E-state index in [1.807, 2.05) is 0 Å². The fraction of sp³-hybridized carbons (Fsp3) is 0. The zero-order valence-corrected chi connectivity index (χ0v) is 21.3. The lowest BCUT2D eigenvalue weighted by molar-refractivity contribution is 0.487. The number of fused-ring (bicyclic) bond motifs is 3. The first-order chi connectivity index (χ1) is 19.3. The van der Waals surface area contributed by atoms with Crippen LogP contribution < -0.4 is 4.74 Å². The number of hydrogen-bond acceptors (Lipinski definition) is 1. The molecule has 8 rings (SSSR count). The van der Waals surface area contributed by atoms with Crippen LogP contribution in [0.1, 0.15) is 0 Å². The molecule has 39 heavy (non-hydrogen) atoms. The second-order valence-electron chi connectivity index (χ2n) is 10.1. The quantitative estimate of drug-likeness (QED) is 0.236. The third-order valence-electron chi connectivity index (χ3n) is 7.87. The molecule has 0 N–H and O–H groups in total. The summed E-state index contributed by atoms with van der Waals surface area (Å²) in [6.07, 6.45) is 0. The summed E-state index contributed by atoms with van der Waals surface area (Å²) < 4.78 is 6.38. The van der Waals surface area contributed by atoms with Gasteiger partial charge in [-0.15, -0.1) is 0 Å². The van der Waals surface area contributed by atoms with E-state index in [-0.39, 0.29) is 0 Å². The molecule has 1 aliphatic rings. The SMILES string of the molecule is c1ccc(-c2cccc3cccc(-c4ccccc4-c4ccc5c(c4)-c4cccc6cccc(c46)O5)c23)cc1. The maximum absolute atomic E-state index is 6.38. The fourth-order valence-electron chi connectivity index (χ4n) is 6.12. The van der Waals surface area contributed by atoms with Crippen molar-refractivity contribution in [1.82, 2.24) is 0 Å². The molecule has 0 spiro atoms. The molecule has 0 saturated carbocycles. The van der Waals surface area contributed by atoms with Crippen LogP contribution in [0.25, 0.3) is 66.1 Å². The molecule has 1 aliphatic heterocycles. The fourth-order valence-corrected chi connectivity index (χ4v) is 6.12. The molecule has 0 saturated heterocycles. The maximum atomic E-state index is 6.38. The zero-order valence-electron chi connectivity index (χ0n) is 21.3. The van der Waals surface area contributed by atoms with Crippen LogP contribution >= 0.6 is 0 Å². The summed E-state index contributed by atoms with van der Waals surface area (Å²) in [7, 11) is 0. The van der Waals surface area contributed by atoms with E-state index in [4.69, 9.17) is 4.74 Å². The summed E-state index contributed by atoms with van der Waals surface area (Å²) in [5, 5.41) is 4.90. The van der Waals surface area contributed by atoms with Crippen LogP contribution in [0, 0.1) is 0 Å². The van der Waals surface area contributed by atoms with Gasteiger partial charge in [-0.25, -0.2) is 0 Å². The Kier molecular flexibility index (Phi) is 4.89. The van der Waals surface area contributed by atoms with Crippen molar-refractivity contribution >= 4 is 21.5 Å². The first kappa shape index (κ1) is 21.9. The third kappa shape index (κ3) is 3.48. The number of benzene rings is 7. The Morgan fingerprint density at radius 1 is 0.308 bits per heavy atom. The molecule has 1 heteroatoms. The van der Waals surface area contributed by atoms with Crippen molar-refractivity contribution in [3.63, 3.8) is 0 Å². The van der Waals surface area contributed by atoms with Gasteiger partial charge in [-0.3, -0.25) is 0 Å². The highest BCUT2D eigenvalue weighted by Crippen LogP contribution is 2.48. The molecule has 7 aromatic carbocycles. The Morgan fingerprint density at radius 2 is 0.897 bits per heavy atom. The molecule has 182 valence electrons. The summed E-state index contributed by atoms with van der Waals surface area (Å²) in [6.45, 7) is 0. The van der Waals surface area contributed by atoms with Gasteiger partial charge in [-0.1, -0.05) is 127 Å². The van der Waals surface area contributed by atoms with Crippen molar-refractivity contribution < 1.29 is 4.74 Å². The molecular weight excluding hydrogens is 472 g/mol. The smallest absolute Gasteiger partial charge is 0.135 e. The monoisotopic (exact) mass is 496 g/mol. The highest BCUT2D eigenvalue weighted by molar-refractivity contribution is 6.09. The van der Waals surface area contributed by atoms with Gasteiger partial charge in [0, 0.05) is 10.9 Å². The van der Waals surface area contributed by atoms with Gasteiger partial charge < -0.3 is 4.74 Å². The minimum absolute atomic E-state index is 0.902. The molecule has 0 bridgehead atoms. The van der Waals surface area contributed by atoms with Gasteiger partial charge in [0.2, 0.25) is 0 Å². The lowest BCUT2D eigenvalue weighted by Crippen LogP contribution is -1.97. The first-order valence-corrected chi connectivity index (χ1v) is 13.4. The Balaban J connectivity index is 1.35. The van der Waals surface area contributed by atoms with E-state index in [9.17, 15) is 0 Å². The number of ether oxygens (including phenoxy) is 1. The summed E-state index contributed by atoms with van der Waals surface area (Å²) >= 11 is 0. The molecule has 1 nitrogen and oxygen atoms in total. The molecule has 0 aromatic heterocycles. The Hall–Kier alpha value is -5.14. The van der Waals surface area contributed by atoms with Crippen LogP contribution in [0.3, 0.4) is 0 Å². The topological polar surface area (TPSA) is 9.23 Å². The van der Waals surface area contributed by atoms with Crippen molar-refractivity contribution in [3.8, 4) is 56.0 Å². The summed E-state index contributed by atoms with van der Waals surface area (Å²) in [5.74, 6) is 1.83. The van der Waals surface area contributed by atoms with E-state index < -0.39 is 0 Å². The van der Waals surface area contributed by atoms with E-state index in [2.05, 4.69) is 146 Å². The van der Waals surface area contributed by atoms with Gasteiger partial charge in [0.1, 0.15) is 11.5 Å². The van der Waals surface area contributed by atoms with Crippen LogP contribution in [-0.4, -0.2) is 0 Å². The van der Waals surface area contributed by atoms with Gasteiger partial charge in [-0.05, 0) is 73.3 Å². The van der Waals surface area contributed by atoms with Crippen molar-refractivity contribution in [2.75, 3.05) is 0 Å². The van der Waals surface area contributed by atoms with E-state index in [0.717, 1.165) is 17.1 Å². The third-order valence-corrected chi connectivity index (χ3v) is 7.87. The zero-order chi connectivity index (χ0) is 25.8. The minimum atomic E-state index is 0.902. The molecule has 0 fully saturated rings. The predicted octanol–water partition coefficient (Wildman–Crippen LogP) is 10.8. The molecule has 0 radical (unpaired) electrons. The predicted molar refractivity (Wildman–Crippen MR) is 163 cm³/mol. The largest absolute Gasteiger partial charge is 0.456 e. The minimum Gasteiger partial charge on any atom is -0.456 e. The summed E-state index contributed by atoms with van der Waals surface area (Å²) in [4.78, 5) is 0. The van der Waals surface area contributed by atoms with Crippen molar-refractivity contribution in [2.45, 2.75) is 0 Å². The van der Waals surface area contributed by atoms with E-state index in [0.29, 0.717) is 0 Å². The highest BCUT2D eigenvalue weighted by atomic mass is 16.5. The molecule has 1 heterocycles. The lowest BCUT2D eigenvalue weighted by Gasteiger charge is -2.22. The highest BCUT2D eigenvalue weighted by Gasteiger charge is 2.21. The average Bonchev–Trinajstić information content (AvgIpc) is 3.01. The second kappa shape index (κ2) is 8.72. The summed E-state index contributed by atoms with van der Waals surface area (Å²) in [6, 6.07) is 52.0. The molecule has 7 aromatic rings. The van der Waals surface area contributed by atoms with Crippen LogP contribution in [0.2, 0.25) is 0 Å². The van der Waals surface area contributed by atoms with Gasteiger partial charge in [0.05, 0.1) is 0 Å². The van der Waals surface area contributed by atoms with Gasteiger partial charge in [-0.2, -0.15) is 0 Å². The Labute approximate surface area is 227 Å². The van der Waals surface area contributed by atoms with Crippen molar-refractivity contribution in [2.24, 2.45) is 0 Å². The van der Waals surface area contributed by atoms with Gasteiger partial charge in [0.25, 0.3) is 0 Å².